The van der Waals surface area contributed by atoms with Gasteiger partial charge in [0.05, 0.1) is 18.8 Å². The van der Waals surface area contributed by atoms with Gasteiger partial charge in [-0.05, 0) is 31.0 Å². The third-order valence-corrected chi connectivity index (χ3v) is 4.11. The summed E-state index contributed by atoms with van der Waals surface area (Å²) in [4.78, 5) is 2.49. The molecule has 1 aliphatic carbocycles. The highest BCUT2D eigenvalue weighted by Crippen LogP contribution is 2.32. The van der Waals surface area contributed by atoms with Crippen LogP contribution in [0, 0.1) is 0 Å². The average molecular weight is 288 g/mol. The molecule has 4 heteroatoms. The number of ether oxygens (including phenoxy) is 1. The molecule has 1 aliphatic heterocycles. The van der Waals surface area contributed by atoms with E-state index in [0.717, 1.165) is 18.2 Å². The monoisotopic (exact) mass is 287 g/mol. The summed E-state index contributed by atoms with van der Waals surface area (Å²) < 4.78 is 5.89. The Bertz CT molecular complexity index is 397. The van der Waals surface area contributed by atoms with Crippen LogP contribution in [-0.4, -0.2) is 25.3 Å². The Morgan fingerprint density at radius 1 is 1.22 bits per heavy atom. The average Bonchev–Trinajstić information content (AvgIpc) is 2.38. The second kappa shape index (κ2) is 6.14. The first kappa shape index (κ1) is 14.0. The van der Waals surface area contributed by atoms with E-state index >= 15 is 0 Å². The number of morpholine rings is 1. The van der Waals surface area contributed by atoms with Crippen LogP contribution in [0.5, 0.6) is 0 Å². The summed E-state index contributed by atoms with van der Waals surface area (Å²) in [6, 6.07) is 8.74. The first-order valence-corrected chi connectivity index (χ1v) is 6.86. The molecule has 0 aromatic heterocycles. The Labute approximate surface area is 120 Å². The molecule has 0 bridgehead atoms. The van der Waals surface area contributed by atoms with E-state index in [0.29, 0.717) is 12.1 Å². The maximum absolute atomic E-state index is 6.08. The number of rotatable bonds is 1. The van der Waals surface area contributed by atoms with Gasteiger partial charge in [0.15, 0.2) is 0 Å². The Kier molecular flexibility index (Phi) is 4.77. The fraction of sp³-hybridized carbons (Fsp3) is 0.571. The molecule has 3 rings (SSSR count). The van der Waals surface area contributed by atoms with Crippen molar-refractivity contribution in [3.05, 3.63) is 29.3 Å². The largest absolute Gasteiger partial charge is 0.374 e. The molecular formula is C14H19Cl2NO. The van der Waals surface area contributed by atoms with Crippen LogP contribution in [-0.2, 0) is 4.74 Å². The number of halogens is 2. The molecule has 1 aromatic rings. The Hall–Kier alpha value is -0.440. The Morgan fingerprint density at radius 3 is 2.89 bits per heavy atom. The summed E-state index contributed by atoms with van der Waals surface area (Å²) in [5, 5.41) is 0.821. The van der Waals surface area contributed by atoms with Crippen LogP contribution < -0.4 is 4.90 Å². The number of fused-ring (bicyclic) bond motifs is 1. The number of benzene rings is 1. The number of hydrogen-bond acceptors (Lipinski definition) is 2. The minimum absolute atomic E-state index is 0. The maximum Gasteiger partial charge on any atom is 0.0779 e. The highest BCUT2D eigenvalue weighted by molar-refractivity contribution is 6.30. The molecule has 18 heavy (non-hydrogen) atoms. The molecular weight excluding hydrogens is 269 g/mol. The summed E-state index contributed by atoms with van der Waals surface area (Å²) in [7, 11) is 0. The van der Waals surface area contributed by atoms with Crippen LogP contribution in [0.25, 0.3) is 0 Å². The van der Waals surface area contributed by atoms with E-state index in [1.54, 1.807) is 0 Å². The Morgan fingerprint density at radius 2 is 2.06 bits per heavy atom. The molecule has 2 atom stereocenters. The highest BCUT2D eigenvalue weighted by Gasteiger charge is 2.34. The topological polar surface area (TPSA) is 12.5 Å². The molecule has 0 amide bonds. The third kappa shape index (κ3) is 2.76. The SMILES string of the molecule is Cl.Clc1cccc(N2CCO[C@H]3CCCC[C@@H]32)c1. The number of nitrogens with zero attached hydrogens (tertiary/aromatic N) is 1. The molecule has 0 spiro atoms. The molecule has 1 saturated heterocycles. The second-order valence-electron chi connectivity index (χ2n) is 4.93. The van der Waals surface area contributed by atoms with Crippen molar-refractivity contribution in [1.29, 1.82) is 0 Å². The molecule has 0 radical (unpaired) electrons. The van der Waals surface area contributed by atoms with Crippen LogP contribution in [0.15, 0.2) is 24.3 Å². The minimum atomic E-state index is 0. The standard InChI is InChI=1S/C14H18ClNO.ClH/c15-11-4-3-5-12(10-11)16-8-9-17-14-7-2-1-6-13(14)16;/h3-5,10,13-14H,1-2,6-9H2;1H/t13-,14-;/m0./s1. The van der Waals surface area contributed by atoms with Gasteiger partial charge in [0.2, 0.25) is 0 Å². The summed E-state index contributed by atoms with van der Waals surface area (Å²) in [6.07, 6.45) is 5.52. The lowest BCUT2D eigenvalue weighted by molar-refractivity contribution is -0.00867. The predicted molar refractivity (Wildman–Crippen MR) is 78.0 cm³/mol. The predicted octanol–water partition coefficient (Wildman–Crippen LogP) is 3.91. The van der Waals surface area contributed by atoms with Crippen molar-refractivity contribution in [2.45, 2.75) is 37.8 Å². The van der Waals surface area contributed by atoms with Crippen LogP contribution in [0.2, 0.25) is 5.02 Å². The van der Waals surface area contributed by atoms with Gasteiger partial charge in [0, 0.05) is 17.3 Å². The summed E-state index contributed by atoms with van der Waals surface area (Å²) in [5.41, 5.74) is 1.25. The van der Waals surface area contributed by atoms with Crippen LogP contribution in [0.3, 0.4) is 0 Å². The minimum Gasteiger partial charge on any atom is -0.374 e. The van der Waals surface area contributed by atoms with Gasteiger partial charge in [-0.1, -0.05) is 30.5 Å². The van der Waals surface area contributed by atoms with E-state index in [2.05, 4.69) is 17.0 Å². The van der Waals surface area contributed by atoms with Crippen molar-refractivity contribution < 1.29 is 4.74 Å². The van der Waals surface area contributed by atoms with Crippen molar-refractivity contribution in [3.8, 4) is 0 Å². The van der Waals surface area contributed by atoms with Gasteiger partial charge in [0.25, 0.3) is 0 Å². The van der Waals surface area contributed by atoms with Crippen molar-refractivity contribution in [2.75, 3.05) is 18.1 Å². The lowest BCUT2D eigenvalue weighted by atomic mass is 9.90. The van der Waals surface area contributed by atoms with Gasteiger partial charge >= 0.3 is 0 Å². The van der Waals surface area contributed by atoms with Gasteiger partial charge in [-0.25, -0.2) is 0 Å². The van der Waals surface area contributed by atoms with Crippen molar-refractivity contribution in [1.82, 2.24) is 0 Å². The molecule has 1 aromatic carbocycles. The summed E-state index contributed by atoms with van der Waals surface area (Å²) >= 11 is 6.08. The van der Waals surface area contributed by atoms with Crippen LogP contribution in [0.1, 0.15) is 25.7 Å². The smallest absolute Gasteiger partial charge is 0.0779 e. The molecule has 100 valence electrons. The van der Waals surface area contributed by atoms with E-state index in [4.69, 9.17) is 16.3 Å². The highest BCUT2D eigenvalue weighted by atomic mass is 35.5. The van der Waals surface area contributed by atoms with E-state index in [9.17, 15) is 0 Å². The zero-order valence-electron chi connectivity index (χ0n) is 10.3. The van der Waals surface area contributed by atoms with Crippen molar-refractivity contribution in [3.63, 3.8) is 0 Å². The number of hydrogen-bond donors (Lipinski definition) is 0. The van der Waals surface area contributed by atoms with E-state index in [-0.39, 0.29) is 12.4 Å². The summed E-state index contributed by atoms with van der Waals surface area (Å²) in [5.74, 6) is 0. The molecule has 1 heterocycles. The van der Waals surface area contributed by atoms with Gasteiger partial charge in [0.1, 0.15) is 0 Å². The normalized spacial score (nSPS) is 27.3. The van der Waals surface area contributed by atoms with E-state index < -0.39 is 0 Å². The lowest BCUT2D eigenvalue weighted by Crippen LogP contribution is -2.52. The molecule has 0 N–H and O–H groups in total. The van der Waals surface area contributed by atoms with Gasteiger partial charge in [-0.15, -0.1) is 12.4 Å². The van der Waals surface area contributed by atoms with Crippen molar-refractivity contribution in [2.24, 2.45) is 0 Å². The first-order valence-electron chi connectivity index (χ1n) is 6.48. The van der Waals surface area contributed by atoms with Gasteiger partial charge < -0.3 is 9.64 Å². The van der Waals surface area contributed by atoms with Gasteiger partial charge in [-0.3, -0.25) is 0 Å². The number of anilines is 1. The second-order valence-corrected chi connectivity index (χ2v) is 5.37. The fourth-order valence-electron chi connectivity index (χ4n) is 3.07. The zero-order valence-corrected chi connectivity index (χ0v) is 11.9. The Balaban J connectivity index is 0.00000120. The van der Waals surface area contributed by atoms with E-state index in [1.807, 2.05) is 12.1 Å². The van der Waals surface area contributed by atoms with E-state index in [1.165, 1.54) is 31.4 Å². The fourth-order valence-corrected chi connectivity index (χ4v) is 3.26. The molecule has 2 aliphatic rings. The van der Waals surface area contributed by atoms with Crippen LogP contribution in [0.4, 0.5) is 5.69 Å². The quantitative estimate of drug-likeness (QED) is 0.777. The first-order chi connectivity index (χ1) is 8.34. The molecule has 0 unspecified atom stereocenters. The van der Waals surface area contributed by atoms with Crippen molar-refractivity contribution >= 4 is 29.7 Å². The lowest BCUT2D eigenvalue weighted by Gasteiger charge is -2.45. The maximum atomic E-state index is 6.08. The summed E-state index contributed by atoms with van der Waals surface area (Å²) in [6.45, 7) is 1.83. The zero-order chi connectivity index (χ0) is 11.7. The van der Waals surface area contributed by atoms with Gasteiger partial charge in [-0.2, -0.15) is 0 Å². The molecule has 1 saturated carbocycles. The third-order valence-electron chi connectivity index (χ3n) is 3.87. The molecule has 2 fully saturated rings. The van der Waals surface area contributed by atoms with Crippen LogP contribution >= 0.6 is 24.0 Å². The molecule has 2 nitrogen and oxygen atoms in total.